The van der Waals surface area contributed by atoms with Crippen LogP contribution in [-0.2, 0) is 4.79 Å². The first-order chi connectivity index (χ1) is 13.9. The molecule has 0 aliphatic carbocycles. The van der Waals surface area contributed by atoms with E-state index >= 15 is 0 Å². The molecule has 5 nitrogen and oxygen atoms in total. The molecule has 29 heavy (non-hydrogen) atoms. The van der Waals surface area contributed by atoms with E-state index in [1.165, 1.54) is 7.11 Å². The summed E-state index contributed by atoms with van der Waals surface area (Å²) in [6, 6.07) is 12.4. The lowest BCUT2D eigenvalue weighted by Crippen LogP contribution is -2.47. The van der Waals surface area contributed by atoms with Gasteiger partial charge in [-0.25, -0.2) is 0 Å². The molecule has 0 spiro atoms. The minimum Gasteiger partial charge on any atom is -0.496 e. The summed E-state index contributed by atoms with van der Waals surface area (Å²) >= 11 is 1.64. The molecule has 2 atom stereocenters. The highest BCUT2D eigenvalue weighted by Gasteiger charge is 2.24. The van der Waals surface area contributed by atoms with Crippen LogP contribution >= 0.6 is 11.8 Å². The molecule has 0 radical (unpaired) electrons. The fourth-order valence-electron chi connectivity index (χ4n) is 3.19. The van der Waals surface area contributed by atoms with Crippen molar-refractivity contribution in [2.45, 2.75) is 39.3 Å². The van der Waals surface area contributed by atoms with Crippen molar-refractivity contribution in [1.29, 1.82) is 0 Å². The molecule has 2 amide bonds. The molecule has 2 aromatic carbocycles. The van der Waals surface area contributed by atoms with Crippen molar-refractivity contribution < 1.29 is 14.3 Å². The number of nitrogens with one attached hydrogen (secondary N) is 2. The molecule has 0 aliphatic heterocycles. The Morgan fingerprint density at radius 1 is 1.10 bits per heavy atom. The van der Waals surface area contributed by atoms with Gasteiger partial charge in [-0.05, 0) is 62.5 Å². The van der Waals surface area contributed by atoms with E-state index in [-0.39, 0.29) is 17.9 Å². The van der Waals surface area contributed by atoms with Gasteiger partial charge in [0.15, 0.2) is 0 Å². The third-order valence-corrected chi connectivity index (χ3v) is 5.49. The molecule has 0 heterocycles. The average Bonchev–Trinajstić information content (AvgIpc) is 2.72. The van der Waals surface area contributed by atoms with E-state index in [1.54, 1.807) is 36.0 Å². The zero-order chi connectivity index (χ0) is 21.4. The van der Waals surface area contributed by atoms with Crippen molar-refractivity contribution in [1.82, 2.24) is 10.6 Å². The number of methoxy groups -OCH3 is 1. The lowest BCUT2D eigenvalue weighted by Gasteiger charge is -2.23. The van der Waals surface area contributed by atoms with Crippen LogP contribution in [0.2, 0.25) is 0 Å². The zero-order valence-corrected chi connectivity index (χ0v) is 18.6. The highest BCUT2D eigenvalue weighted by Crippen LogP contribution is 2.20. The minimum atomic E-state index is -0.618. The quantitative estimate of drug-likeness (QED) is 0.650. The predicted octanol–water partition coefficient (Wildman–Crippen LogP) is 4.04. The Bertz CT molecular complexity index is 854. The third-order valence-electron chi connectivity index (χ3n) is 4.84. The fourth-order valence-corrected chi connectivity index (χ4v) is 3.66. The van der Waals surface area contributed by atoms with E-state index in [1.807, 2.05) is 27.0 Å². The molecule has 0 saturated heterocycles. The van der Waals surface area contributed by atoms with Crippen molar-refractivity contribution in [2.24, 2.45) is 0 Å². The van der Waals surface area contributed by atoms with Crippen molar-refractivity contribution in [3.8, 4) is 5.75 Å². The van der Waals surface area contributed by atoms with Crippen LogP contribution in [0.5, 0.6) is 5.75 Å². The Hall–Kier alpha value is -2.47. The molecule has 0 saturated carbocycles. The van der Waals surface area contributed by atoms with E-state index in [0.717, 1.165) is 22.4 Å². The van der Waals surface area contributed by atoms with Gasteiger partial charge in [0.2, 0.25) is 5.91 Å². The van der Waals surface area contributed by atoms with Crippen LogP contribution in [-0.4, -0.2) is 37.0 Å². The summed E-state index contributed by atoms with van der Waals surface area (Å²) in [5.41, 5.74) is 3.77. The largest absolute Gasteiger partial charge is 0.496 e. The molecule has 2 N–H and O–H groups in total. The molecule has 0 aromatic heterocycles. The number of carbonyl (C=O) groups is 2. The molecule has 0 fully saturated rings. The molecule has 0 bridgehead atoms. The van der Waals surface area contributed by atoms with Gasteiger partial charge in [0.05, 0.1) is 18.7 Å². The van der Waals surface area contributed by atoms with Gasteiger partial charge in [-0.2, -0.15) is 11.8 Å². The zero-order valence-electron chi connectivity index (χ0n) is 17.7. The van der Waals surface area contributed by atoms with Crippen molar-refractivity contribution in [3.05, 3.63) is 64.7 Å². The maximum atomic E-state index is 13.0. The SMILES string of the molecule is COc1ccccc1C(=O)NC(CCSC)C(=O)NC(C)c1cc(C)ccc1C. The van der Waals surface area contributed by atoms with E-state index in [9.17, 15) is 9.59 Å². The minimum absolute atomic E-state index is 0.151. The maximum Gasteiger partial charge on any atom is 0.255 e. The molecule has 6 heteroatoms. The van der Waals surface area contributed by atoms with E-state index < -0.39 is 6.04 Å². The Morgan fingerprint density at radius 3 is 2.52 bits per heavy atom. The first-order valence-electron chi connectivity index (χ1n) is 9.67. The number of carbonyl (C=O) groups excluding carboxylic acids is 2. The number of thioether (sulfide) groups is 1. The van der Waals surface area contributed by atoms with Crippen LogP contribution in [0.3, 0.4) is 0 Å². The van der Waals surface area contributed by atoms with Gasteiger partial charge in [-0.3, -0.25) is 9.59 Å². The van der Waals surface area contributed by atoms with Gasteiger partial charge in [-0.15, -0.1) is 0 Å². The van der Waals surface area contributed by atoms with Crippen LogP contribution in [0.25, 0.3) is 0 Å². The van der Waals surface area contributed by atoms with E-state index in [2.05, 4.69) is 28.8 Å². The fraction of sp³-hybridized carbons (Fsp3) is 0.391. The Kier molecular flexibility index (Phi) is 8.58. The van der Waals surface area contributed by atoms with E-state index in [0.29, 0.717) is 17.7 Å². The highest BCUT2D eigenvalue weighted by atomic mass is 32.2. The van der Waals surface area contributed by atoms with Crippen molar-refractivity contribution in [3.63, 3.8) is 0 Å². The van der Waals surface area contributed by atoms with Crippen molar-refractivity contribution >= 4 is 23.6 Å². The summed E-state index contributed by atoms with van der Waals surface area (Å²) in [5, 5.41) is 5.95. The van der Waals surface area contributed by atoms with Crippen LogP contribution in [0.1, 0.15) is 46.4 Å². The summed E-state index contributed by atoms with van der Waals surface area (Å²) in [7, 11) is 1.52. The van der Waals surface area contributed by atoms with Gasteiger partial charge < -0.3 is 15.4 Å². The summed E-state index contributed by atoms with van der Waals surface area (Å²) < 4.78 is 5.27. The Labute approximate surface area is 177 Å². The van der Waals surface area contributed by atoms with Crippen LogP contribution in [0.15, 0.2) is 42.5 Å². The third kappa shape index (κ3) is 6.26. The predicted molar refractivity (Wildman–Crippen MR) is 120 cm³/mol. The summed E-state index contributed by atoms with van der Waals surface area (Å²) in [5.74, 6) is 0.749. The first-order valence-corrected chi connectivity index (χ1v) is 11.1. The van der Waals surface area contributed by atoms with Crippen LogP contribution in [0, 0.1) is 13.8 Å². The lowest BCUT2D eigenvalue weighted by atomic mass is 9.99. The summed E-state index contributed by atoms with van der Waals surface area (Å²) in [6.07, 6.45) is 2.53. The molecule has 156 valence electrons. The lowest BCUT2D eigenvalue weighted by molar-refractivity contribution is -0.123. The number of ether oxygens (including phenoxy) is 1. The number of aryl methyl sites for hydroxylation is 2. The van der Waals surface area contributed by atoms with Gasteiger partial charge in [0, 0.05) is 0 Å². The summed E-state index contributed by atoms with van der Waals surface area (Å²) in [4.78, 5) is 25.8. The second-order valence-electron chi connectivity index (χ2n) is 7.10. The standard InChI is InChI=1S/C23H30N2O3S/c1-15-10-11-16(2)19(14-15)17(3)24-23(27)20(12-13-29-5)25-22(26)18-8-6-7-9-21(18)28-4/h6-11,14,17,20H,12-13H2,1-5H3,(H,24,27)(H,25,26). The highest BCUT2D eigenvalue weighted by molar-refractivity contribution is 7.98. The maximum absolute atomic E-state index is 13.0. The van der Waals surface area contributed by atoms with Gasteiger partial charge in [0.1, 0.15) is 11.8 Å². The number of rotatable bonds is 9. The molecule has 2 aromatic rings. The number of benzene rings is 2. The second kappa shape index (κ2) is 10.9. The molecule has 0 aliphatic rings. The van der Waals surface area contributed by atoms with Crippen LogP contribution < -0.4 is 15.4 Å². The number of hydrogen-bond donors (Lipinski definition) is 2. The van der Waals surface area contributed by atoms with Gasteiger partial charge in [-0.1, -0.05) is 35.9 Å². The molecular formula is C23H30N2O3S. The number of amides is 2. The molecular weight excluding hydrogens is 384 g/mol. The smallest absolute Gasteiger partial charge is 0.255 e. The molecule has 2 unspecified atom stereocenters. The van der Waals surface area contributed by atoms with Gasteiger partial charge >= 0.3 is 0 Å². The second-order valence-corrected chi connectivity index (χ2v) is 8.08. The van der Waals surface area contributed by atoms with E-state index in [4.69, 9.17) is 4.74 Å². The summed E-state index contributed by atoms with van der Waals surface area (Å²) in [6.45, 7) is 6.03. The Balaban J connectivity index is 2.15. The first kappa shape index (κ1) is 22.8. The number of para-hydroxylation sites is 1. The van der Waals surface area contributed by atoms with Crippen LogP contribution in [0.4, 0.5) is 0 Å². The van der Waals surface area contributed by atoms with Crippen molar-refractivity contribution in [2.75, 3.05) is 19.1 Å². The normalized spacial score (nSPS) is 12.7. The molecule has 2 rings (SSSR count). The van der Waals surface area contributed by atoms with Gasteiger partial charge in [0.25, 0.3) is 5.91 Å². The number of hydrogen-bond acceptors (Lipinski definition) is 4. The monoisotopic (exact) mass is 414 g/mol. The average molecular weight is 415 g/mol. The Morgan fingerprint density at radius 2 is 1.83 bits per heavy atom. The topological polar surface area (TPSA) is 67.4 Å².